The average molecular weight is 670 g/mol. The zero-order chi connectivity index (χ0) is 35.0. The summed E-state index contributed by atoms with van der Waals surface area (Å²) in [7, 11) is 0. The fraction of sp³-hybridized carbons (Fsp3) is 0. The van der Waals surface area contributed by atoms with Crippen molar-refractivity contribution in [1.82, 2.24) is 15.0 Å². The molecule has 0 fully saturated rings. The summed E-state index contributed by atoms with van der Waals surface area (Å²) in [5.74, 6) is -2.25. The van der Waals surface area contributed by atoms with Crippen molar-refractivity contribution in [2.45, 2.75) is 0 Å². The van der Waals surface area contributed by atoms with Gasteiger partial charge in [0, 0.05) is 53.5 Å². The molecule has 0 radical (unpaired) electrons. The summed E-state index contributed by atoms with van der Waals surface area (Å²) < 4.78 is 16.9. The number of rotatable bonds is 9. The number of hydrogen-bond acceptors (Lipinski definition) is 9. The van der Waals surface area contributed by atoms with Gasteiger partial charge < -0.3 is 14.2 Å². The Morgan fingerprint density at radius 2 is 0.627 bits per heavy atom. The molecule has 3 aromatic heterocycles. The van der Waals surface area contributed by atoms with Gasteiger partial charge in [0.15, 0.2) is 0 Å². The van der Waals surface area contributed by atoms with Crippen molar-refractivity contribution in [3.8, 4) is 51.0 Å². The van der Waals surface area contributed by atoms with Crippen molar-refractivity contribution in [3.05, 3.63) is 181 Å². The predicted molar refractivity (Wildman–Crippen MR) is 190 cm³/mol. The van der Waals surface area contributed by atoms with E-state index in [1.54, 1.807) is 36.4 Å². The number of carbonyl (C=O) groups excluding carboxylic acids is 3. The summed E-state index contributed by atoms with van der Waals surface area (Å²) in [6.07, 6.45) is 4.23. The number of nitrogens with zero attached hydrogens (tertiary/aromatic N) is 3. The van der Waals surface area contributed by atoms with Crippen LogP contribution in [-0.4, -0.2) is 32.9 Å². The number of aromatic nitrogens is 3. The van der Waals surface area contributed by atoms with E-state index in [1.165, 1.54) is 36.8 Å². The van der Waals surface area contributed by atoms with Gasteiger partial charge in [0.25, 0.3) is 0 Å². The highest BCUT2D eigenvalue weighted by molar-refractivity contribution is 5.93. The molecule has 0 aliphatic heterocycles. The van der Waals surface area contributed by atoms with Crippen LogP contribution in [0.1, 0.15) is 31.1 Å². The fourth-order valence-electron chi connectivity index (χ4n) is 5.10. The third kappa shape index (κ3) is 7.90. The van der Waals surface area contributed by atoms with Crippen LogP contribution in [0.3, 0.4) is 0 Å². The van der Waals surface area contributed by atoms with Gasteiger partial charge in [0.2, 0.25) is 0 Å². The second kappa shape index (κ2) is 14.9. The van der Waals surface area contributed by atoms with Gasteiger partial charge in [-0.15, -0.1) is 0 Å². The van der Waals surface area contributed by atoms with Crippen molar-refractivity contribution in [1.29, 1.82) is 0 Å². The van der Waals surface area contributed by atoms with Gasteiger partial charge in [0.05, 0.1) is 33.8 Å². The SMILES string of the molecule is O=C(Oc1cc(OC(=O)c2ccc(-c3ccccc3)nc2)cc(OC(=O)c2ccc(-c3ccccc3)nc2)c1)c1ccc(-c2ccccc2)nc1. The van der Waals surface area contributed by atoms with Crippen LogP contribution in [0.5, 0.6) is 17.2 Å². The summed E-state index contributed by atoms with van der Waals surface area (Å²) in [6.45, 7) is 0. The Bertz CT molecular complexity index is 2020. The second-order valence-corrected chi connectivity index (χ2v) is 11.2. The Balaban J connectivity index is 1.12. The molecule has 4 aromatic carbocycles. The molecule has 9 heteroatoms. The predicted octanol–water partition coefficient (Wildman–Crippen LogP) is 8.53. The minimum atomic E-state index is -0.718. The molecule has 0 amide bonds. The lowest BCUT2D eigenvalue weighted by Gasteiger charge is -2.12. The normalized spacial score (nSPS) is 10.6. The Hall–Kier alpha value is -7.26. The van der Waals surface area contributed by atoms with Crippen LogP contribution in [0.2, 0.25) is 0 Å². The molecule has 9 nitrogen and oxygen atoms in total. The highest BCUT2D eigenvalue weighted by Gasteiger charge is 2.18. The highest BCUT2D eigenvalue weighted by Crippen LogP contribution is 2.30. The maximum Gasteiger partial charge on any atom is 0.345 e. The van der Waals surface area contributed by atoms with Crippen LogP contribution in [0, 0.1) is 0 Å². The Morgan fingerprint density at radius 3 is 0.863 bits per heavy atom. The number of pyridine rings is 3. The summed E-state index contributed by atoms with van der Waals surface area (Å²) in [5, 5.41) is 0. The maximum absolute atomic E-state index is 13.2. The molecule has 7 aromatic rings. The summed E-state index contributed by atoms with van der Waals surface area (Å²) >= 11 is 0. The number of hydrogen-bond donors (Lipinski definition) is 0. The zero-order valence-corrected chi connectivity index (χ0v) is 26.9. The molecule has 0 spiro atoms. The summed E-state index contributed by atoms with van der Waals surface area (Å²) in [4.78, 5) is 52.7. The molecule has 0 saturated carbocycles. The largest absolute Gasteiger partial charge is 0.423 e. The molecule has 7 rings (SSSR count). The van der Waals surface area contributed by atoms with E-state index in [2.05, 4.69) is 15.0 Å². The van der Waals surface area contributed by atoms with Gasteiger partial charge in [-0.1, -0.05) is 91.0 Å². The zero-order valence-electron chi connectivity index (χ0n) is 26.9. The van der Waals surface area contributed by atoms with Crippen LogP contribution >= 0.6 is 0 Å². The first-order valence-corrected chi connectivity index (χ1v) is 15.8. The Kier molecular flexibility index (Phi) is 9.42. The van der Waals surface area contributed by atoms with Gasteiger partial charge in [-0.2, -0.15) is 0 Å². The first-order valence-electron chi connectivity index (χ1n) is 15.8. The standard InChI is InChI=1S/C42H27N3O6/c46-40(31-16-19-37(43-25-31)28-10-4-1-5-11-28)49-34-22-35(50-41(47)32-17-20-38(44-26-32)29-12-6-2-7-13-29)24-36(23-34)51-42(48)33-18-21-39(45-27-33)30-14-8-3-9-15-30/h1-27H. The smallest absolute Gasteiger partial charge is 0.345 e. The summed E-state index contributed by atoms with van der Waals surface area (Å²) in [5.41, 5.74) is 5.31. The van der Waals surface area contributed by atoms with E-state index in [4.69, 9.17) is 14.2 Å². The molecule has 0 atom stereocenters. The van der Waals surface area contributed by atoms with Crippen molar-refractivity contribution >= 4 is 17.9 Å². The van der Waals surface area contributed by atoms with Crippen molar-refractivity contribution < 1.29 is 28.6 Å². The minimum absolute atomic E-state index is 0.0321. The minimum Gasteiger partial charge on any atom is -0.423 e. The van der Waals surface area contributed by atoms with Crippen LogP contribution < -0.4 is 14.2 Å². The van der Waals surface area contributed by atoms with Gasteiger partial charge in [0.1, 0.15) is 17.2 Å². The number of esters is 3. The molecular formula is C42H27N3O6. The lowest BCUT2D eigenvalue weighted by Crippen LogP contribution is -2.12. The molecule has 0 aliphatic rings. The molecule has 0 unspecified atom stereocenters. The van der Waals surface area contributed by atoms with Gasteiger partial charge in [-0.3, -0.25) is 15.0 Å². The van der Waals surface area contributed by atoms with Crippen molar-refractivity contribution in [3.63, 3.8) is 0 Å². The monoisotopic (exact) mass is 669 g/mol. The van der Waals surface area contributed by atoms with Crippen LogP contribution in [0.4, 0.5) is 0 Å². The first kappa shape index (κ1) is 32.3. The third-order valence-electron chi connectivity index (χ3n) is 7.69. The van der Waals surface area contributed by atoms with Crippen LogP contribution in [-0.2, 0) is 0 Å². The first-order chi connectivity index (χ1) is 25.0. The topological polar surface area (TPSA) is 118 Å². The van der Waals surface area contributed by atoms with E-state index in [9.17, 15) is 14.4 Å². The van der Waals surface area contributed by atoms with E-state index in [1.807, 2.05) is 91.0 Å². The maximum atomic E-state index is 13.2. The Labute approximate surface area is 292 Å². The molecule has 51 heavy (non-hydrogen) atoms. The molecule has 0 aliphatic carbocycles. The molecule has 3 heterocycles. The van der Waals surface area contributed by atoms with E-state index >= 15 is 0 Å². The van der Waals surface area contributed by atoms with Gasteiger partial charge in [-0.05, 0) is 36.4 Å². The number of benzene rings is 4. The average Bonchev–Trinajstić information content (AvgIpc) is 3.19. The van der Waals surface area contributed by atoms with E-state index in [0.29, 0.717) is 17.1 Å². The van der Waals surface area contributed by atoms with E-state index in [-0.39, 0.29) is 33.9 Å². The van der Waals surface area contributed by atoms with Crippen LogP contribution in [0.15, 0.2) is 164 Å². The lowest BCUT2D eigenvalue weighted by atomic mass is 10.1. The molecule has 0 saturated heterocycles. The molecule has 246 valence electrons. The third-order valence-corrected chi connectivity index (χ3v) is 7.69. The van der Waals surface area contributed by atoms with Crippen LogP contribution in [0.25, 0.3) is 33.8 Å². The van der Waals surface area contributed by atoms with Gasteiger partial charge in [-0.25, -0.2) is 14.4 Å². The van der Waals surface area contributed by atoms with Crippen molar-refractivity contribution in [2.24, 2.45) is 0 Å². The number of ether oxygens (including phenoxy) is 3. The molecule has 0 bridgehead atoms. The van der Waals surface area contributed by atoms with Crippen molar-refractivity contribution in [2.75, 3.05) is 0 Å². The fourth-order valence-corrected chi connectivity index (χ4v) is 5.10. The van der Waals surface area contributed by atoms with E-state index in [0.717, 1.165) is 16.7 Å². The molecule has 0 N–H and O–H groups in total. The Morgan fingerprint density at radius 1 is 0.353 bits per heavy atom. The second-order valence-electron chi connectivity index (χ2n) is 11.2. The van der Waals surface area contributed by atoms with E-state index < -0.39 is 17.9 Å². The quantitative estimate of drug-likeness (QED) is 0.110. The molecular weight excluding hydrogens is 642 g/mol. The highest BCUT2D eigenvalue weighted by atomic mass is 16.6. The number of carbonyl (C=O) groups is 3. The summed E-state index contributed by atoms with van der Waals surface area (Å²) in [6, 6.07) is 42.6. The lowest BCUT2D eigenvalue weighted by molar-refractivity contribution is 0.0730. The van der Waals surface area contributed by atoms with Gasteiger partial charge >= 0.3 is 17.9 Å².